The predicted molar refractivity (Wildman–Crippen MR) is 77.3 cm³/mol. The summed E-state index contributed by atoms with van der Waals surface area (Å²) in [4.78, 5) is 0. The fourth-order valence-corrected chi connectivity index (χ4v) is 2.62. The van der Waals surface area contributed by atoms with Crippen LogP contribution in [0.5, 0.6) is 5.75 Å². The first-order valence-electron chi connectivity index (χ1n) is 6.67. The average Bonchev–Trinajstić information content (AvgIpc) is 2.36. The lowest BCUT2D eigenvalue weighted by atomic mass is 9.86. The third-order valence-corrected chi connectivity index (χ3v) is 3.94. The van der Waals surface area contributed by atoms with Crippen LogP contribution in [0.1, 0.15) is 51.9 Å². The lowest BCUT2D eigenvalue weighted by Crippen LogP contribution is -2.04. The summed E-state index contributed by atoms with van der Waals surface area (Å²) < 4.78 is 0.736. The standard InChI is InChI=1S/C9H18.C6H5BrO/c1-2-6-9-7-4-3-5-8-9;7-5-3-1-2-4-6(5)8/h9H,2-8H2,1H3;1-4,8H. The van der Waals surface area contributed by atoms with Gasteiger partial charge in [-0.1, -0.05) is 64.0 Å². The number of phenolic OH excluding ortho intramolecular Hbond substituents is 1. The number of hydrogen-bond donors (Lipinski definition) is 1. The Labute approximate surface area is 113 Å². The Hall–Kier alpha value is -0.500. The van der Waals surface area contributed by atoms with E-state index in [1.807, 2.05) is 6.07 Å². The van der Waals surface area contributed by atoms with Gasteiger partial charge < -0.3 is 5.11 Å². The van der Waals surface area contributed by atoms with Gasteiger partial charge in [0.05, 0.1) is 4.47 Å². The first kappa shape index (κ1) is 14.6. The number of halogens is 1. The summed E-state index contributed by atoms with van der Waals surface area (Å²) in [6.07, 6.45) is 10.4. The zero-order valence-electron chi connectivity index (χ0n) is 10.7. The Morgan fingerprint density at radius 2 is 1.82 bits per heavy atom. The van der Waals surface area contributed by atoms with Gasteiger partial charge in [0.15, 0.2) is 0 Å². The second-order valence-electron chi connectivity index (χ2n) is 4.74. The van der Waals surface area contributed by atoms with Gasteiger partial charge in [-0.2, -0.15) is 0 Å². The van der Waals surface area contributed by atoms with Crippen LogP contribution in [0.3, 0.4) is 0 Å². The first-order valence-corrected chi connectivity index (χ1v) is 7.46. The molecule has 0 heterocycles. The van der Waals surface area contributed by atoms with E-state index in [-0.39, 0.29) is 5.75 Å². The van der Waals surface area contributed by atoms with Crippen molar-refractivity contribution in [3.8, 4) is 5.75 Å². The minimum atomic E-state index is 0.285. The topological polar surface area (TPSA) is 20.2 Å². The van der Waals surface area contributed by atoms with Gasteiger partial charge in [0.1, 0.15) is 5.75 Å². The molecule has 0 aliphatic heterocycles. The monoisotopic (exact) mass is 298 g/mol. The van der Waals surface area contributed by atoms with Gasteiger partial charge in [0.2, 0.25) is 0 Å². The highest BCUT2D eigenvalue weighted by molar-refractivity contribution is 9.10. The molecule has 96 valence electrons. The molecule has 0 amide bonds. The summed E-state index contributed by atoms with van der Waals surface area (Å²) in [7, 11) is 0. The fraction of sp³-hybridized carbons (Fsp3) is 0.600. The van der Waals surface area contributed by atoms with Crippen molar-refractivity contribution in [2.75, 3.05) is 0 Å². The van der Waals surface area contributed by atoms with Gasteiger partial charge >= 0.3 is 0 Å². The quantitative estimate of drug-likeness (QED) is 0.762. The van der Waals surface area contributed by atoms with E-state index >= 15 is 0 Å². The Kier molecular flexibility index (Phi) is 7.34. The lowest BCUT2D eigenvalue weighted by molar-refractivity contribution is 0.336. The van der Waals surface area contributed by atoms with Crippen molar-refractivity contribution in [2.45, 2.75) is 51.9 Å². The number of benzene rings is 1. The molecule has 2 heteroatoms. The van der Waals surface area contributed by atoms with Crippen molar-refractivity contribution in [3.05, 3.63) is 28.7 Å². The van der Waals surface area contributed by atoms with E-state index < -0.39 is 0 Å². The molecule has 0 aromatic heterocycles. The van der Waals surface area contributed by atoms with Gasteiger partial charge in [-0.25, -0.2) is 0 Å². The highest BCUT2D eigenvalue weighted by atomic mass is 79.9. The molecule has 17 heavy (non-hydrogen) atoms. The van der Waals surface area contributed by atoms with Crippen LogP contribution in [0.4, 0.5) is 0 Å². The summed E-state index contributed by atoms with van der Waals surface area (Å²) in [5.41, 5.74) is 0. The number of para-hydroxylation sites is 1. The molecule has 0 spiro atoms. The molecule has 0 saturated heterocycles. The zero-order valence-corrected chi connectivity index (χ0v) is 12.2. The first-order chi connectivity index (χ1) is 8.24. The molecular formula is C15H23BrO. The Morgan fingerprint density at radius 3 is 2.29 bits per heavy atom. The molecule has 1 nitrogen and oxygen atoms in total. The van der Waals surface area contributed by atoms with E-state index in [4.69, 9.17) is 5.11 Å². The van der Waals surface area contributed by atoms with E-state index in [1.165, 1.54) is 44.9 Å². The van der Waals surface area contributed by atoms with Gasteiger partial charge in [-0.05, 0) is 34.0 Å². The Bertz CT molecular complexity index is 282. The van der Waals surface area contributed by atoms with Gasteiger partial charge in [0, 0.05) is 0 Å². The van der Waals surface area contributed by atoms with E-state index in [0.717, 1.165) is 10.4 Å². The maximum atomic E-state index is 8.87. The van der Waals surface area contributed by atoms with Crippen LogP contribution in [0, 0.1) is 5.92 Å². The molecule has 2 rings (SSSR count). The second kappa shape index (κ2) is 8.57. The highest BCUT2D eigenvalue weighted by Gasteiger charge is 2.10. The van der Waals surface area contributed by atoms with Gasteiger partial charge in [-0.3, -0.25) is 0 Å². The molecule has 1 aliphatic carbocycles. The lowest BCUT2D eigenvalue weighted by Gasteiger charge is -2.20. The smallest absolute Gasteiger partial charge is 0.129 e. The molecule has 0 radical (unpaired) electrons. The van der Waals surface area contributed by atoms with Crippen LogP contribution >= 0.6 is 15.9 Å². The van der Waals surface area contributed by atoms with Crippen molar-refractivity contribution in [1.29, 1.82) is 0 Å². The highest BCUT2D eigenvalue weighted by Crippen LogP contribution is 2.26. The van der Waals surface area contributed by atoms with Crippen molar-refractivity contribution < 1.29 is 5.11 Å². The van der Waals surface area contributed by atoms with Crippen molar-refractivity contribution in [1.82, 2.24) is 0 Å². The zero-order chi connectivity index (χ0) is 12.5. The molecular weight excluding hydrogens is 276 g/mol. The van der Waals surface area contributed by atoms with Crippen molar-refractivity contribution in [2.24, 2.45) is 5.92 Å². The molecule has 1 aromatic carbocycles. The summed E-state index contributed by atoms with van der Waals surface area (Å²) in [5, 5.41) is 8.87. The van der Waals surface area contributed by atoms with E-state index in [9.17, 15) is 0 Å². The summed E-state index contributed by atoms with van der Waals surface area (Å²) >= 11 is 3.15. The van der Waals surface area contributed by atoms with Crippen molar-refractivity contribution >= 4 is 15.9 Å². The summed E-state index contributed by atoms with van der Waals surface area (Å²) in [6, 6.07) is 7.04. The molecule has 1 aromatic rings. The minimum absolute atomic E-state index is 0.285. The molecule has 0 atom stereocenters. The minimum Gasteiger partial charge on any atom is -0.507 e. The summed E-state index contributed by atoms with van der Waals surface area (Å²) in [6.45, 7) is 2.30. The fourth-order valence-electron chi connectivity index (χ4n) is 2.34. The van der Waals surface area contributed by atoms with Crippen molar-refractivity contribution in [3.63, 3.8) is 0 Å². The third kappa shape index (κ3) is 6.11. The number of rotatable bonds is 2. The van der Waals surface area contributed by atoms with Crippen LogP contribution in [0.2, 0.25) is 0 Å². The normalized spacial score (nSPS) is 16.1. The van der Waals surface area contributed by atoms with Gasteiger partial charge in [-0.15, -0.1) is 0 Å². The van der Waals surface area contributed by atoms with Crippen LogP contribution in [0.15, 0.2) is 28.7 Å². The molecule has 1 aliphatic rings. The number of hydrogen-bond acceptors (Lipinski definition) is 1. The van der Waals surface area contributed by atoms with E-state index in [1.54, 1.807) is 18.2 Å². The Morgan fingerprint density at radius 1 is 1.18 bits per heavy atom. The summed E-state index contributed by atoms with van der Waals surface area (Å²) in [5.74, 6) is 1.39. The van der Waals surface area contributed by atoms with E-state index in [0.29, 0.717) is 0 Å². The van der Waals surface area contributed by atoms with Gasteiger partial charge in [0.25, 0.3) is 0 Å². The number of aromatic hydroxyl groups is 1. The Balaban J connectivity index is 0.000000171. The molecule has 0 bridgehead atoms. The van der Waals surface area contributed by atoms with Crippen LogP contribution in [-0.4, -0.2) is 5.11 Å². The molecule has 1 N–H and O–H groups in total. The molecule has 1 fully saturated rings. The predicted octanol–water partition coefficient (Wildman–Crippen LogP) is 5.52. The van der Waals surface area contributed by atoms with Crippen LogP contribution in [-0.2, 0) is 0 Å². The SMILES string of the molecule is CCCC1CCCCC1.Oc1ccccc1Br. The largest absolute Gasteiger partial charge is 0.507 e. The molecule has 0 unspecified atom stereocenters. The maximum absolute atomic E-state index is 8.87. The third-order valence-electron chi connectivity index (χ3n) is 3.27. The van der Waals surface area contributed by atoms with Crippen LogP contribution in [0.25, 0.3) is 0 Å². The number of phenols is 1. The van der Waals surface area contributed by atoms with Crippen LogP contribution < -0.4 is 0 Å². The second-order valence-corrected chi connectivity index (χ2v) is 5.60. The average molecular weight is 299 g/mol. The van der Waals surface area contributed by atoms with E-state index in [2.05, 4.69) is 22.9 Å². The maximum Gasteiger partial charge on any atom is 0.129 e. The molecule has 1 saturated carbocycles.